The minimum absolute atomic E-state index is 0.219. The van der Waals surface area contributed by atoms with Gasteiger partial charge in [0, 0.05) is 19.2 Å². The maximum atomic E-state index is 13.1. The van der Waals surface area contributed by atoms with E-state index in [2.05, 4.69) is 5.10 Å². The topological polar surface area (TPSA) is 55.2 Å². The Morgan fingerprint density at radius 2 is 1.88 bits per heavy atom. The van der Waals surface area contributed by atoms with E-state index >= 15 is 0 Å². The lowest BCUT2D eigenvalue weighted by Gasteiger charge is -2.28. The van der Waals surface area contributed by atoms with E-state index in [1.165, 1.54) is 28.9 Å². The fraction of sp³-hybridized carbons (Fsp3) is 0.389. The van der Waals surface area contributed by atoms with E-state index in [0.717, 1.165) is 12.0 Å². The van der Waals surface area contributed by atoms with Gasteiger partial charge in [-0.05, 0) is 44.0 Å². The van der Waals surface area contributed by atoms with Crippen LogP contribution in [0, 0.1) is 5.82 Å². The molecule has 128 valence electrons. The normalized spacial score (nSPS) is 12.0. The van der Waals surface area contributed by atoms with E-state index in [0.29, 0.717) is 13.1 Å². The first-order valence-corrected chi connectivity index (χ1v) is 8.12. The van der Waals surface area contributed by atoms with Crippen LogP contribution < -0.4 is 5.56 Å². The SMILES string of the molecule is CCCn1nc(C(=O)N(CC)C(C)c2ccc(F)cc2)ccc1=O. The highest BCUT2D eigenvalue weighted by Gasteiger charge is 2.23. The number of nitrogens with zero attached hydrogens (tertiary/aromatic N) is 3. The van der Waals surface area contributed by atoms with Crippen LogP contribution in [0.2, 0.25) is 0 Å². The summed E-state index contributed by atoms with van der Waals surface area (Å²) in [6.45, 7) is 6.65. The molecule has 0 saturated carbocycles. The highest BCUT2D eigenvalue weighted by molar-refractivity contribution is 5.92. The van der Waals surface area contributed by atoms with E-state index in [1.54, 1.807) is 17.0 Å². The predicted octanol–water partition coefficient (Wildman–Crippen LogP) is 3.02. The zero-order valence-electron chi connectivity index (χ0n) is 14.2. The Bertz CT molecular complexity index is 756. The molecule has 1 aromatic heterocycles. The minimum atomic E-state index is -0.311. The number of amides is 1. The maximum Gasteiger partial charge on any atom is 0.274 e. The highest BCUT2D eigenvalue weighted by Crippen LogP contribution is 2.21. The minimum Gasteiger partial charge on any atom is -0.331 e. The van der Waals surface area contributed by atoms with Gasteiger partial charge in [0.25, 0.3) is 11.5 Å². The van der Waals surface area contributed by atoms with Crippen molar-refractivity contribution in [1.82, 2.24) is 14.7 Å². The van der Waals surface area contributed by atoms with Gasteiger partial charge in [0.15, 0.2) is 0 Å². The molecule has 1 aromatic carbocycles. The molecule has 0 N–H and O–H groups in total. The van der Waals surface area contributed by atoms with Crippen molar-refractivity contribution >= 4 is 5.91 Å². The van der Waals surface area contributed by atoms with Crippen molar-refractivity contribution < 1.29 is 9.18 Å². The summed E-state index contributed by atoms with van der Waals surface area (Å²) in [6.07, 6.45) is 0.758. The molecule has 1 heterocycles. The Morgan fingerprint density at radius 3 is 2.46 bits per heavy atom. The molecule has 2 rings (SSSR count). The molecule has 5 nitrogen and oxygen atoms in total. The van der Waals surface area contributed by atoms with Crippen LogP contribution in [-0.4, -0.2) is 27.1 Å². The average Bonchev–Trinajstić information content (AvgIpc) is 2.58. The fourth-order valence-electron chi connectivity index (χ4n) is 2.60. The number of carbonyl (C=O) groups is 1. The Kier molecular flexibility index (Phi) is 5.84. The molecule has 24 heavy (non-hydrogen) atoms. The van der Waals surface area contributed by atoms with Crippen LogP contribution in [0.1, 0.15) is 49.3 Å². The molecule has 0 aliphatic carbocycles. The molecule has 1 unspecified atom stereocenters. The van der Waals surface area contributed by atoms with Gasteiger partial charge in [-0.1, -0.05) is 19.1 Å². The molecule has 1 atom stereocenters. The molecule has 0 radical (unpaired) electrons. The summed E-state index contributed by atoms with van der Waals surface area (Å²) in [6, 6.07) is 8.69. The smallest absolute Gasteiger partial charge is 0.274 e. The van der Waals surface area contributed by atoms with Crippen LogP contribution in [-0.2, 0) is 6.54 Å². The van der Waals surface area contributed by atoms with E-state index in [9.17, 15) is 14.0 Å². The number of rotatable bonds is 6. The van der Waals surface area contributed by atoms with Crippen molar-refractivity contribution in [3.63, 3.8) is 0 Å². The number of hydrogen-bond acceptors (Lipinski definition) is 3. The Balaban J connectivity index is 2.29. The molecule has 0 fully saturated rings. The van der Waals surface area contributed by atoms with Gasteiger partial charge in [-0.25, -0.2) is 9.07 Å². The Labute approximate surface area is 140 Å². The molecule has 6 heteroatoms. The summed E-state index contributed by atoms with van der Waals surface area (Å²) in [5.74, 6) is -0.562. The first kappa shape index (κ1) is 17.8. The van der Waals surface area contributed by atoms with Crippen LogP contribution >= 0.6 is 0 Å². The lowest BCUT2D eigenvalue weighted by Crippen LogP contribution is -2.35. The molecule has 1 amide bonds. The van der Waals surface area contributed by atoms with Crippen LogP contribution in [0.5, 0.6) is 0 Å². The van der Waals surface area contributed by atoms with Crippen molar-refractivity contribution in [2.24, 2.45) is 0 Å². The summed E-state index contributed by atoms with van der Waals surface area (Å²) in [5.41, 5.74) is 0.857. The highest BCUT2D eigenvalue weighted by atomic mass is 19.1. The quantitative estimate of drug-likeness (QED) is 0.817. The van der Waals surface area contributed by atoms with Gasteiger partial charge in [0.1, 0.15) is 11.5 Å². The lowest BCUT2D eigenvalue weighted by atomic mass is 10.1. The third kappa shape index (κ3) is 3.88. The first-order valence-electron chi connectivity index (χ1n) is 8.12. The van der Waals surface area contributed by atoms with Crippen molar-refractivity contribution in [3.8, 4) is 0 Å². The second kappa shape index (κ2) is 7.86. The van der Waals surface area contributed by atoms with E-state index < -0.39 is 0 Å². The molecule has 0 bridgehead atoms. The largest absolute Gasteiger partial charge is 0.331 e. The zero-order chi connectivity index (χ0) is 17.7. The number of aryl methyl sites for hydroxylation is 1. The van der Waals surface area contributed by atoms with Gasteiger partial charge in [-0.2, -0.15) is 5.10 Å². The third-order valence-electron chi connectivity index (χ3n) is 3.94. The van der Waals surface area contributed by atoms with Gasteiger partial charge >= 0.3 is 0 Å². The van der Waals surface area contributed by atoms with Crippen molar-refractivity contribution in [2.45, 2.75) is 39.8 Å². The monoisotopic (exact) mass is 331 g/mol. The molecule has 0 spiro atoms. The Morgan fingerprint density at radius 1 is 1.21 bits per heavy atom. The second-order valence-electron chi connectivity index (χ2n) is 5.60. The van der Waals surface area contributed by atoms with E-state index in [1.807, 2.05) is 20.8 Å². The third-order valence-corrected chi connectivity index (χ3v) is 3.94. The van der Waals surface area contributed by atoms with Crippen LogP contribution in [0.4, 0.5) is 4.39 Å². The van der Waals surface area contributed by atoms with Crippen LogP contribution in [0.15, 0.2) is 41.2 Å². The average molecular weight is 331 g/mol. The van der Waals surface area contributed by atoms with Gasteiger partial charge in [-0.15, -0.1) is 0 Å². The van der Waals surface area contributed by atoms with Gasteiger partial charge in [-0.3, -0.25) is 9.59 Å². The second-order valence-corrected chi connectivity index (χ2v) is 5.60. The molecule has 2 aromatic rings. The summed E-state index contributed by atoms with van der Waals surface area (Å²) >= 11 is 0. The van der Waals surface area contributed by atoms with E-state index in [4.69, 9.17) is 0 Å². The summed E-state index contributed by atoms with van der Waals surface area (Å²) in [7, 11) is 0. The van der Waals surface area contributed by atoms with Crippen molar-refractivity contribution in [1.29, 1.82) is 0 Å². The molecular weight excluding hydrogens is 309 g/mol. The predicted molar refractivity (Wildman–Crippen MR) is 90.3 cm³/mol. The van der Waals surface area contributed by atoms with Crippen LogP contribution in [0.3, 0.4) is 0 Å². The standard InChI is InChI=1S/C18H22FN3O2/c1-4-12-22-17(23)11-10-16(20-22)18(24)21(5-2)13(3)14-6-8-15(19)9-7-14/h6-11,13H,4-5,12H2,1-3H3. The van der Waals surface area contributed by atoms with Crippen LogP contribution in [0.25, 0.3) is 0 Å². The first-order chi connectivity index (χ1) is 11.5. The fourth-order valence-corrected chi connectivity index (χ4v) is 2.60. The number of hydrogen-bond donors (Lipinski definition) is 0. The maximum absolute atomic E-state index is 13.1. The Hall–Kier alpha value is -2.50. The summed E-state index contributed by atoms with van der Waals surface area (Å²) in [4.78, 5) is 26.2. The van der Waals surface area contributed by atoms with Crippen molar-refractivity contribution in [2.75, 3.05) is 6.54 Å². The van der Waals surface area contributed by atoms with Gasteiger partial charge < -0.3 is 4.90 Å². The van der Waals surface area contributed by atoms with Gasteiger partial charge in [0.05, 0.1) is 6.04 Å². The number of benzene rings is 1. The van der Waals surface area contributed by atoms with Gasteiger partial charge in [0.2, 0.25) is 0 Å². The lowest BCUT2D eigenvalue weighted by molar-refractivity contribution is 0.0693. The summed E-state index contributed by atoms with van der Waals surface area (Å²) < 4.78 is 14.4. The molecule has 0 aliphatic rings. The zero-order valence-corrected chi connectivity index (χ0v) is 14.2. The van der Waals surface area contributed by atoms with E-state index in [-0.39, 0.29) is 29.0 Å². The molecule has 0 saturated heterocycles. The number of halogens is 1. The molecule has 0 aliphatic heterocycles. The number of carbonyl (C=O) groups excluding carboxylic acids is 1. The number of aromatic nitrogens is 2. The van der Waals surface area contributed by atoms with Crippen molar-refractivity contribution in [3.05, 3.63) is 63.8 Å². The summed E-state index contributed by atoms with van der Waals surface area (Å²) in [5, 5.41) is 4.17. The molecular formula is C18H22FN3O2.